The monoisotopic (exact) mass is 328 g/mol. The van der Waals surface area contributed by atoms with Gasteiger partial charge in [-0.05, 0) is 19.3 Å². The Hall–Kier alpha value is -0.570. The van der Waals surface area contributed by atoms with Crippen LogP contribution in [0.25, 0.3) is 0 Å². The largest absolute Gasteiger partial charge is 0.466 e. The third-order valence-corrected chi connectivity index (χ3v) is 4.33. The second-order valence-electron chi connectivity index (χ2n) is 6.74. The van der Waals surface area contributed by atoms with Gasteiger partial charge < -0.3 is 9.84 Å². The molecule has 3 heteroatoms. The molecule has 3 nitrogen and oxygen atoms in total. The smallest absolute Gasteiger partial charge is 0.305 e. The van der Waals surface area contributed by atoms with Crippen LogP contribution in [-0.4, -0.2) is 23.8 Å². The van der Waals surface area contributed by atoms with Crippen LogP contribution >= 0.6 is 0 Å². The summed E-state index contributed by atoms with van der Waals surface area (Å²) in [4.78, 5) is 11.6. The van der Waals surface area contributed by atoms with Crippen molar-refractivity contribution in [2.75, 3.05) is 6.61 Å². The first-order valence-corrected chi connectivity index (χ1v) is 10.0. The molecule has 0 unspecified atom stereocenters. The molecule has 0 aromatic heterocycles. The van der Waals surface area contributed by atoms with Crippen LogP contribution < -0.4 is 0 Å². The van der Waals surface area contributed by atoms with Crippen molar-refractivity contribution in [1.82, 2.24) is 0 Å². The fraction of sp³-hybridized carbons (Fsp3) is 0.950. The van der Waals surface area contributed by atoms with Crippen molar-refractivity contribution < 1.29 is 14.6 Å². The van der Waals surface area contributed by atoms with Gasteiger partial charge in [0.25, 0.3) is 0 Å². The van der Waals surface area contributed by atoms with Gasteiger partial charge in [0.1, 0.15) is 0 Å². The van der Waals surface area contributed by atoms with E-state index in [4.69, 9.17) is 4.74 Å². The number of hydrogen-bond acceptors (Lipinski definition) is 3. The molecular weight excluding hydrogens is 288 g/mol. The van der Waals surface area contributed by atoms with Crippen LogP contribution in [0.5, 0.6) is 0 Å². The molecule has 0 fully saturated rings. The zero-order valence-electron chi connectivity index (χ0n) is 15.7. The van der Waals surface area contributed by atoms with Crippen LogP contribution in [0.4, 0.5) is 0 Å². The molecule has 0 radical (unpaired) electrons. The summed E-state index contributed by atoms with van der Waals surface area (Å²) in [7, 11) is 0. The normalized spacial score (nSPS) is 12.3. The van der Waals surface area contributed by atoms with Crippen LogP contribution in [-0.2, 0) is 9.53 Å². The second kappa shape index (κ2) is 17.8. The average Bonchev–Trinajstić information content (AvgIpc) is 2.55. The lowest BCUT2D eigenvalue weighted by Crippen LogP contribution is -2.12. The van der Waals surface area contributed by atoms with Gasteiger partial charge in [0.2, 0.25) is 0 Å². The standard InChI is InChI=1S/C20H40O3/c1-3-5-7-8-9-10-11-12-14-18-23-20(22)17-16-19(21)15-13-6-4-2/h19,21H,3-18H2,1-2H3/t19-/m1/s1. The van der Waals surface area contributed by atoms with Crippen molar-refractivity contribution in [3.05, 3.63) is 0 Å². The van der Waals surface area contributed by atoms with Crippen LogP contribution in [0.1, 0.15) is 110 Å². The van der Waals surface area contributed by atoms with Crippen molar-refractivity contribution in [1.29, 1.82) is 0 Å². The van der Waals surface area contributed by atoms with Crippen LogP contribution in [0.2, 0.25) is 0 Å². The quantitative estimate of drug-likeness (QED) is 0.272. The van der Waals surface area contributed by atoms with E-state index < -0.39 is 0 Å². The van der Waals surface area contributed by atoms with Crippen molar-refractivity contribution in [3.63, 3.8) is 0 Å². The third-order valence-electron chi connectivity index (χ3n) is 4.33. The Morgan fingerprint density at radius 3 is 1.91 bits per heavy atom. The summed E-state index contributed by atoms with van der Waals surface area (Å²) in [6.45, 7) is 4.94. The number of rotatable bonds is 17. The molecule has 0 heterocycles. The molecule has 0 aliphatic rings. The number of aliphatic hydroxyl groups is 1. The summed E-state index contributed by atoms with van der Waals surface area (Å²) in [6.07, 6.45) is 16.1. The number of esters is 1. The van der Waals surface area contributed by atoms with Gasteiger partial charge in [0.15, 0.2) is 0 Å². The average molecular weight is 329 g/mol. The van der Waals surface area contributed by atoms with Gasteiger partial charge in [-0.3, -0.25) is 4.79 Å². The third kappa shape index (κ3) is 17.6. The van der Waals surface area contributed by atoms with Gasteiger partial charge in [0.05, 0.1) is 12.7 Å². The van der Waals surface area contributed by atoms with E-state index in [0.717, 1.165) is 38.5 Å². The van der Waals surface area contributed by atoms with E-state index >= 15 is 0 Å². The summed E-state index contributed by atoms with van der Waals surface area (Å²) in [6, 6.07) is 0. The first kappa shape index (κ1) is 22.4. The Labute approximate surface area is 144 Å². The second-order valence-corrected chi connectivity index (χ2v) is 6.74. The first-order chi connectivity index (χ1) is 11.2. The molecule has 0 aromatic carbocycles. The lowest BCUT2D eigenvalue weighted by Gasteiger charge is -2.10. The molecule has 0 bridgehead atoms. The zero-order valence-corrected chi connectivity index (χ0v) is 15.7. The molecule has 1 atom stereocenters. The maximum Gasteiger partial charge on any atom is 0.305 e. The van der Waals surface area contributed by atoms with Crippen molar-refractivity contribution in [2.24, 2.45) is 0 Å². The van der Waals surface area contributed by atoms with E-state index in [0.29, 0.717) is 19.4 Å². The van der Waals surface area contributed by atoms with E-state index in [1.807, 2.05) is 0 Å². The van der Waals surface area contributed by atoms with Crippen LogP contribution in [0.3, 0.4) is 0 Å². The molecule has 23 heavy (non-hydrogen) atoms. The molecule has 0 aromatic rings. The molecule has 0 spiro atoms. The highest BCUT2D eigenvalue weighted by Gasteiger charge is 2.08. The summed E-state index contributed by atoms with van der Waals surface area (Å²) in [5, 5.41) is 9.76. The van der Waals surface area contributed by atoms with Crippen molar-refractivity contribution in [3.8, 4) is 0 Å². The highest BCUT2D eigenvalue weighted by atomic mass is 16.5. The number of carbonyl (C=O) groups excluding carboxylic acids is 1. The topological polar surface area (TPSA) is 46.5 Å². The van der Waals surface area contributed by atoms with E-state index in [1.54, 1.807) is 0 Å². The van der Waals surface area contributed by atoms with E-state index in [-0.39, 0.29) is 12.1 Å². The van der Waals surface area contributed by atoms with Gasteiger partial charge in [-0.15, -0.1) is 0 Å². The summed E-state index contributed by atoms with van der Waals surface area (Å²) in [5.41, 5.74) is 0. The van der Waals surface area contributed by atoms with Gasteiger partial charge in [-0.1, -0.05) is 84.5 Å². The number of unbranched alkanes of at least 4 members (excludes halogenated alkanes) is 10. The van der Waals surface area contributed by atoms with Gasteiger partial charge in [-0.2, -0.15) is 0 Å². The first-order valence-electron chi connectivity index (χ1n) is 10.0. The summed E-state index contributed by atoms with van der Waals surface area (Å²) >= 11 is 0. The minimum atomic E-state index is -0.346. The molecule has 0 amide bonds. The maximum absolute atomic E-state index is 11.6. The Balaban J connectivity index is 3.27. The maximum atomic E-state index is 11.6. The molecule has 138 valence electrons. The number of carbonyl (C=O) groups is 1. The summed E-state index contributed by atoms with van der Waals surface area (Å²) in [5.74, 6) is -0.154. The molecule has 0 saturated carbocycles. The van der Waals surface area contributed by atoms with Gasteiger partial charge in [-0.25, -0.2) is 0 Å². The number of ether oxygens (including phenoxy) is 1. The van der Waals surface area contributed by atoms with E-state index in [1.165, 1.54) is 44.9 Å². The molecule has 0 saturated heterocycles. The fourth-order valence-electron chi connectivity index (χ4n) is 2.73. The van der Waals surface area contributed by atoms with Crippen LogP contribution in [0, 0.1) is 0 Å². The molecule has 0 aliphatic carbocycles. The molecule has 0 aliphatic heterocycles. The highest BCUT2D eigenvalue weighted by molar-refractivity contribution is 5.69. The molecular formula is C20H40O3. The highest BCUT2D eigenvalue weighted by Crippen LogP contribution is 2.11. The predicted molar refractivity (Wildman–Crippen MR) is 97.6 cm³/mol. The Bertz CT molecular complexity index is 253. The lowest BCUT2D eigenvalue weighted by molar-refractivity contribution is -0.144. The van der Waals surface area contributed by atoms with Crippen molar-refractivity contribution in [2.45, 2.75) is 116 Å². The Kier molecular flexibility index (Phi) is 17.3. The summed E-state index contributed by atoms with van der Waals surface area (Å²) < 4.78 is 5.23. The zero-order chi connectivity index (χ0) is 17.2. The van der Waals surface area contributed by atoms with E-state index in [2.05, 4.69) is 13.8 Å². The Morgan fingerprint density at radius 2 is 1.30 bits per heavy atom. The minimum absolute atomic E-state index is 0.154. The van der Waals surface area contributed by atoms with Crippen molar-refractivity contribution >= 4 is 5.97 Å². The minimum Gasteiger partial charge on any atom is -0.466 e. The van der Waals surface area contributed by atoms with Gasteiger partial charge in [0, 0.05) is 6.42 Å². The van der Waals surface area contributed by atoms with Gasteiger partial charge >= 0.3 is 5.97 Å². The lowest BCUT2D eigenvalue weighted by atomic mass is 10.1. The number of hydrogen-bond donors (Lipinski definition) is 1. The number of aliphatic hydroxyl groups excluding tert-OH is 1. The molecule has 0 rings (SSSR count). The SMILES string of the molecule is CCCCCCCCCCCOC(=O)CC[C@H](O)CCCCC. The molecule has 1 N–H and O–H groups in total. The predicted octanol–water partition coefficient (Wildman–Crippen LogP) is 5.78. The van der Waals surface area contributed by atoms with Crippen LogP contribution in [0.15, 0.2) is 0 Å². The Morgan fingerprint density at radius 1 is 0.783 bits per heavy atom. The van der Waals surface area contributed by atoms with E-state index in [9.17, 15) is 9.90 Å². The fourth-order valence-corrected chi connectivity index (χ4v) is 2.73.